The van der Waals surface area contributed by atoms with E-state index < -0.39 is 11.9 Å². The Morgan fingerprint density at radius 1 is 1.29 bits per heavy atom. The van der Waals surface area contributed by atoms with Gasteiger partial charge in [-0.1, -0.05) is 6.07 Å². The van der Waals surface area contributed by atoms with Gasteiger partial charge in [0.2, 0.25) is 0 Å². The Bertz CT molecular complexity index is 475. The van der Waals surface area contributed by atoms with Crippen molar-refractivity contribution >= 4 is 0 Å². The number of β-amino-alcohol motifs (C(OH)–C–C–N with tert-alkyl or cyclic N) is 1. The first-order valence-corrected chi connectivity index (χ1v) is 6.91. The average molecular weight is 297 g/mol. The molecule has 1 aromatic carbocycles. The van der Waals surface area contributed by atoms with Crippen LogP contribution in [0.3, 0.4) is 0 Å². The van der Waals surface area contributed by atoms with Gasteiger partial charge >= 0.3 is 0 Å². The molecule has 1 aliphatic rings. The van der Waals surface area contributed by atoms with Gasteiger partial charge in [-0.05, 0) is 17.7 Å². The molecule has 1 saturated heterocycles. The molecule has 2 N–H and O–H groups in total. The molecule has 0 aliphatic carbocycles. The van der Waals surface area contributed by atoms with Crippen molar-refractivity contribution in [2.45, 2.75) is 24.9 Å². The maximum Gasteiger partial charge on any atom is 0.196 e. The van der Waals surface area contributed by atoms with Crippen LogP contribution in [-0.2, 0) is 16.0 Å². The molecule has 1 aromatic rings. The van der Waals surface area contributed by atoms with E-state index in [1.165, 1.54) is 7.11 Å². The maximum atomic E-state index is 10.2. The zero-order chi connectivity index (χ0) is 15.5. The number of hydrogen-bond donors (Lipinski definition) is 2. The first-order valence-electron chi connectivity index (χ1n) is 6.91. The molecular weight excluding hydrogens is 274 g/mol. The molecule has 0 saturated carbocycles. The van der Waals surface area contributed by atoms with Crippen molar-refractivity contribution < 1.29 is 24.4 Å². The monoisotopic (exact) mass is 297 g/mol. The van der Waals surface area contributed by atoms with E-state index in [9.17, 15) is 10.2 Å². The number of aliphatic hydroxyl groups excluding tert-OH is 1. The lowest BCUT2D eigenvalue weighted by Gasteiger charge is -2.43. The van der Waals surface area contributed by atoms with E-state index in [2.05, 4.69) is 4.90 Å². The molecule has 6 nitrogen and oxygen atoms in total. The predicted molar refractivity (Wildman–Crippen MR) is 77.3 cm³/mol. The number of aliphatic hydroxyl groups is 1. The van der Waals surface area contributed by atoms with Crippen LogP contribution in [0.25, 0.3) is 0 Å². The summed E-state index contributed by atoms with van der Waals surface area (Å²) in [7, 11) is 4.61. The molecule has 21 heavy (non-hydrogen) atoms. The fourth-order valence-corrected chi connectivity index (χ4v) is 2.75. The van der Waals surface area contributed by atoms with Crippen molar-refractivity contribution in [2.75, 3.05) is 34.4 Å². The third kappa shape index (κ3) is 3.29. The van der Waals surface area contributed by atoms with Crippen LogP contribution < -0.4 is 4.74 Å². The predicted octanol–water partition coefficient (Wildman–Crippen LogP) is 0.956. The van der Waals surface area contributed by atoms with Gasteiger partial charge < -0.3 is 24.4 Å². The lowest BCUT2D eigenvalue weighted by Crippen LogP contribution is -2.57. The Kier molecular flexibility index (Phi) is 5.05. The standard InChI is InChI=1S/C15H23NO5/c1-19-13-5-4-11(8-12(13)17)9-16-7-6-15(20-2,21-3)14(18)10-16/h4-5,8,14,17-18H,6-7,9-10H2,1-3H3. The summed E-state index contributed by atoms with van der Waals surface area (Å²) in [6, 6.07) is 5.32. The zero-order valence-corrected chi connectivity index (χ0v) is 12.7. The number of likely N-dealkylation sites (tertiary alicyclic amines) is 1. The highest BCUT2D eigenvalue weighted by molar-refractivity contribution is 5.41. The molecular formula is C15H23NO5. The second-order valence-corrected chi connectivity index (χ2v) is 5.23. The van der Waals surface area contributed by atoms with E-state index in [1.807, 2.05) is 6.07 Å². The number of phenols is 1. The van der Waals surface area contributed by atoms with Gasteiger partial charge in [-0.2, -0.15) is 0 Å². The minimum absolute atomic E-state index is 0.121. The summed E-state index contributed by atoms with van der Waals surface area (Å²) in [5.74, 6) is -0.343. The van der Waals surface area contributed by atoms with Crippen LogP contribution in [0.4, 0.5) is 0 Å². The topological polar surface area (TPSA) is 71.4 Å². The van der Waals surface area contributed by atoms with Crippen molar-refractivity contribution in [3.8, 4) is 11.5 Å². The normalized spacial score (nSPS) is 22.2. The lowest BCUT2D eigenvalue weighted by atomic mass is 9.99. The highest BCUT2D eigenvalue weighted by Crippen LogP contribution is 2.30. The second kappa shape index (κ2) is 6.62. The van der Waals surface area contributed by atoms with Gasteiger partial charge in [0.15, 0.2) is 17.3 Å². The van der Waals surface area contributed by atoms with Gasteiger partial charge in [0.05, 0.1) is 7.11 Å². The molecule has 0 bridgehead atoms. The minimum Gasteiger partial charge on any atom is -0.504 e. The van der Waals surface area contributed by atoms with E-state index in [0.29, 0.717) is 25.3 Å². The molecule has 118 valence electrons. The highest BCUT2D eigenvalue weighted by Gasteiger charge is 2.42. The van der Waals surface area contributed by atoms with Crippen molar-refractivity contribution in [2.24, 2.45) is 0 Å². The van der Waals surface area contributed by atoms with Gasteiger partial charge in [0, 0.05) is 40.3 Å². The van der Waals surface area contributed by atoms with E-state index in [0.717, 1.165) is 12.1 Å². The zero-order valence-electron chi connectivity index (χ0n) is 12.7. The summed E-state index contributed by atoms with van der Waals surface area (Å²) in [5.41, 5.74) is 0.961. The van der Waals surface area contributed by atoms with Crippen LogP contribution in [0.1, 0.15) is 12.0 Å². The van der Waals surface area contributed by atoms with Crippen LogP contribution in [0.2, 0.25) is 0 Å². The number of nitrogens with zero attached hydrogens (tertiary/aromatic N) is 1. The first-order chi connectivity index (χ1) is 10.0. The molecule has 6 heteroatoms. The Morgan fingerprint density at radius 3 is 2.52 bits per heavy atom. The molecule has 1 heterocycles. The number of hydrogen-bond acceptors (Lipinski definition) is 6. The van der Waals surface area contributed by atoms with Crippen molar-refractivity contribution in [3.63, 3.8) is 0 Å². The van der Waals surface area contributed by atoms with Crippen molar-refractivity contribution in [3.05, 3.63) is 23.8 Å². The van der Waals surface area contributed by atoms with Crippen molar-refractivity contribution in [1.29, 1.82) is 0 Å². The number of methoxy groups -OCH3 is 3. The molecule has 0 radical (unpaired) electrons. The fourth-order valence-electron chi connectivity index (χ4n) is 2.75. The Labute approximate surface area is 124 Å². The number of benzene rings is 1. The van der Waals surface area contributed by atoms with E-state index in [1.54, 1.807) is 26.4 Å². The van der Waals surface area contributed by atoms with Crippen LogP contribution in [0.5, 0.6) is 11.5 Å². The summed E-state index contributed by atoms with van der Waals surface area (Å²) in [6.45, 7) is 1.83. The second-order valence-electron chi connectivity index (χ2n) is 5.23. The third-order valence-corrected chi connectivity index (χ3v) is 4.06. The quantitative estimate of drug-likeness (QED) is 0.789. The Hall–Kier alpha value is -1.34. The molecule has 0 amide bonds. The van der Waals surface area contributed by atoms with Gasteiger partial charge in [0.1, 0.15) is 6.10 Å². The van der Waals surface area contributed by atoms with Gasteiger partial charge in [-0.15, -0.1) is 0 Å². The lowest BCUT2D eigenvalue weighted by molar-refractivity contribution is -0.279. The van der Waals surface area contributed by atoms with E-state index >= 15 is 0 Å². The largest absolute Gasteiger partial charge is 0.504 e. The third-order valence-electron chi connectivity index (χ3n) is 4.06. The summed E-state index contributed by atoms with van der Waals surface area (Å²) in [6.07, 6.45) is -0.128. The van der Waals surface area contributed by atoms with Crippen LogP contribution >= 0.6 is 0 Å². The molecule has 2 rings (SSSR count). The van der Waals surface area contributed by atoms with Crippen LogP contribution in [0, 0.1) is 0 Å². The summed E-state index contributed by atoms with van der Waals surface area (Å²) in [5, 5.41) is 20.0. The summed E-state index contributed by atoms with van der Waals surface area (Å²) >= 11 is 0. The number of aromatic hydroxyl groups is 1. The Balaban J connectivity index is 2.01. The maximum absolute atomic E-state index is 10.2. The van der Waals surface area contributed by atoms with E-state index in [-0.39, 0.29) is 5.75 Å². The van der Waals surface area contributed by atoms with Crippen LogP contribution in [0.15, 0.2) is 18.2 Å². The van der Waals surface area contributed by atoms with Crippen molar-refractivity contribution in [1.82, 2.24) is 4.90 Å². The van der Waals surface area contributed by atoms with Gasteiger partial charge in [-0.3, -0.25) is 4.90 Å². The average Bonchev–Trinajstić information content (AvgIpc) is 2.48. The molecule has 0 aromatic heterocycles. The van der Waals surface area contributed by atoms with Crippen LogP contribution in [-0.4, -0.2) is 61.4 Å². The number of rotatable bonds is 5. The highest BCUT2D eigenvalue weighted by atomic mass is 16.7. The first kappa shape index (κ1) is 16.0. The minimum atomic E-state index is -0.918. The van der Waals surface area contributed by atoms with Gasteiger partial charge in [0.25, 0.3) is 0 Å². The number of phenolic OH excluding ortho intramolecular Hbond substituents is 1. The molecule has 1 unspecified atom stereocenters. The fraction of sp³-hybridized carbons (Fsp3) is 0.600. The van der Waals surface area contributed by atoms with Gasteiger partial charge in [-0.25, -0.2) is 0 Å². The molecule has 1 atom stereocenters. The molecule has 0 spiro atoms. The van der Waals surface area contributed by atoms with E-state index in [4.69, 9.17) is 14.2 Å². The smallest absolute Gasteiger partial charge is 0.196 e. The summed E-state index contributed by atoms with van der Waals surface area (Å²) < 4.78 is 15.7. The summed E-state index contributed by atoms with van der Waals surface area (Å²) in [4.78, 5) is 2.10. The SMILES string of the molecule is COc1ccc(CN2CCC(OC)(OC)C(O)C2)cc1O. The molecule has 1 fully saturated rings. The molecule has 1 aliphatic heterocycles. The Morgan fingerprint density at radius 2 is 2.00 bits per heavy atom. The number of ether oxygens (including phenoxy) is 3. The number of piperidine rings is 1.